The van der Waals surface area contributed by atoms with Crippen molar-refractivity contribution in [3.8, 4) is 10.6 Å². The van der Waals surface area contributed by atoms with Crippen LogP contribution in [-0.2, 0) is 0 Å². The minimum atomic E-state index is -1.02. The number of hydrogen-bond donors (Lipinski definition) is 2. The first-order chi connectivity index (χ1) is 8.18. The Bertz CT molecular complexity index is 709. The topological polar surface area (TPSA) is 83.3 Å². The van der Waals surface area contributed by atoms with Crippen molar-refractivity contribution < 1.29 is 9.90 Å². The van der Waals surface area contributed by atoms with Crippen LogP contribution >= 0.6 is 11.3 Å². The van der Waals surface area contributed by atoms with Gasteiger partial charge < -0.3 is 10.1 Å². The maximum atomic E-state index is 11.0. The van der Waals surface area contributed by atoms with Crippen LogP contribution in [0.5, 0.6) is 0 Å². The second-order valence-electron chi connectivity index (χ2n) is 3.54. The van der Waals surface area contributed by atoms with E-state index in [0.717, 1.165) is 11.4 Å². The van der Waals surface area contributed by atoms with Gasteiger partial charge in [-0.05, 0) is 6.92 Å². The highest BCUT2D eigenvalue weighted by Gasteiger charge is 2.19. The maximum absolute atomic E-state index is 11.0. The summed E-state index contributed by atoms with van der Waals surface area (Å²) in [5.41, 5.74) is 3.28. The molecular formula is C10H8N4O2S. The van der Waals surface area contributed by atoms with Gasteiger partial charge in [-0.15, -0.1) is 11.3 Å². The number of thiazole rings is 1. The number of carbonyl (C=O) groups is 1. The number of aromatic carboxylic acids is 1. The molecule has 0 aliphatic carbocycles. The number of imidazole rings is 2. The molecule has 0 aromatic carbocycles. The number of carboxylic acid groups (broad SMARTS) is 1. The van der Waals surface area contributed by atoms with E-state index >= 15 is 0 Å². The summed E-state index contributed by atoms with van der Waals surface area (Å²) in [5.74, 6) is -0.324. The number of H-pyrrole nitrogens is 1. The molecule has 0 saturated carbocycles. The largest absolute Gasteiger partial charge is 0.476 e. The minimum Gasteiger partial charge on any atom is -0.476 e. The lowest BCUT2D eigenvalue weighted by Gasteiger charge is -1.97. The molecule has 0 unspecified atom stereocenters. The molecular weight excluding hydrogens is 240 g/mol. The number of carboxylic acids is 1. The van der Waals surface area contributed by atoms with Gasteiger partial charge in [0, 0.05) is 18.1 Å². The second kappa shape index (κ2) is 3.42. The van der Waals surface area contributed by atoms with E-state index < -0.39 is 5.97 Å². The highest BCUT2D eigenvalue weighted by Crippen LogP contribution is 2.29. The Morgan fingerprint density at radius 1 is 1.53 bits per heavy atom. The summed E-state index contributed by atoms with van der Waals surface area (Å²) in [7, 11) is 0. The summed E-state index contributed by atoms with van der Waals surface area (Å²) in [4.78, 5) is 22.7. The number of nitrogens with zero attached hydrogens (tertiary/aromatic N) is 3. The number of nitrogens with one attached hydrogen (secondary N) is 1. The van der Waals surface area contributed by atoms with E-state index in [1.807, 2.05) is 17.5 Å². The zero-order valence-corrected chi connectivity index (χ0v) is 9.65. The first-order valence-electron chi connectivity index (χ1n) is 4.87. The van der Waals surface area contributed by atoms with E-state index in [1.165, 1.54) is 16.8 Å². The van der Waals surface area contributed by atoms with Crippen molar-refractivity contribution in [2.24, 2.45) is 0 Å². The van der Waals surface area contributed by atoms with Crippen LogP contribution in [0.4, 0.5) is 0 Å². The van der Waals surface area contributed by atoms with Gasteiger partial charge in [-0.25, -0.2) is 14.8 Å². The van der Waals surface area contributed by atoms with E-state index in [2.05, 4.69) is 15.0 Å². The van der Waals surface area contributed by atoms with Crippen molar-refractivity contribution in [2.75, 3.05) is 0 Å². The first kappa shape index (κ1) is 10.0. The minimum absolute atomic E-state index is 0.0719. The van der Waals surface area contributed by atoms with Crippen LogP contribution in [-0.4, -0.2) is 30.4 Å². The first-order valence-corrected chi connectivity index (χ1v) is 5.75. The van der Waals surface area contributed by atoms with Gasteiger partial charge in [0.15, 0.2) is 5.69 Å². The number of aromatic nitrogens is 4. The van der Waals surface area contributed by atoms with Gasteiger partial charge in [0.2, 0.25) is 5.78 Å². The molecule has 0 bridgehead atoms. The zero-order chi connectivity index (χ0) is 12.0. The number of rotatable bonds is 2. The molecule has 0 amide bonds. The van der Waals surface area contributed by atoms with Gasteiger partial charge in [0.05, 0.1) is 16.1 Å². The van der Waals surface area contributed by atoms with Gasteiger partial charge in [0.1, 0.15) is 0 Å². The van der Waals surface area contributed by atoms with E-state index in [0.29, 0.717) is 10.7 Å². The molecule has 0 atom stereocenters. The molecule has 3 aromatic heterocycles. The molecule has 3 rings (SSSR count). The average Bonchev–Trinajstić information content (AvgIpc) is 2.95. The van der Waals surface area contributed by atoms with Gasteiger partial charge in [-0.1, -0.05) is 0 Å². The molecule has 6 nitrogen and oxygen atoms in total. The van der Waals surface area contributed by atoms with Crippen LogP contribution in [0.15, 0.2) is 17.9 Å². The van der Waals surface area contributed by atoms with Crippen molar-refractivity contribution in [1.29, 1.82) is 0 Å². The molecule has 86 valence electrons. The van der Waals surface area contributed by atoms with Crippen LogP contribution < -0.4 is 0 Å². The molecule has 2 N–H and O–H groups in total. The Morgan fingerprint density at radius 2 is 2.35 bits per heavy atom. The number of aromatic amines is 1. The van der Waals surface area contributed by atoms with Crippen LogP contribution in [0.1, 0.15) is 16.2 Å². The third-order valence-electron chi connectivity index (χ3n) is 2.60. The van der Waals surface area contributed by atoms with Crippen LogP contribution in [0.2, 0.25) is 0 Å². The molecule has 0 aliphatic heterocycles. The number of fused-ring (bicyclic) bond motifs is 1. The third kappa shape index (κ3) is 1.36. The average molecular weight is 248 g/mol. The SMILES string of the molecule is Cc1c(-c2scnc2C(=O)O)[nH]c2nccn12. The fraction of sp³-hybridized carbons (Fsp3) is 0.100. The highest BCUT2D eigenvalue weighted by atomic mass is 32.1. The van der Waals surface area contributed by atoms with E-state index in [-0.39, 0.29) is 5.69 Å². The Labute approximate surface area is 99.6 Å². The molecule has 17 heavy (non-hydrogen) atoms. The van der Waals surface area contributed by atoms with Gasteiger partial charge in [0.25, 0.3) is 0 Å². The predicted octanol–water partition coefficient (Wildman–Crippen LogP) is 1.79. The quantitative estimate of drug-likeness (QED) is 0.724. The molecule has 3 heterocycles. The lowest BCUT2D eigenvalue weighted by Crippen LogP contribution is -1.99. The van der Waals surface area contributed by atoms with Crippen molar-refractivity contribution in [2.45, 2.75) is 6.92 Å². The fourth-order valence-corrected chi connectivity index (χ4v) is 2.62. The normalized spacial score (nSPS) is 11.1. The molecule has 0 radical (unpaired) electrons. The van der Waals surface area contributed by atoms with E-state index in [1.54, 1.807) is 6.20 Å². The third-order valence-corrected chi connectivity index (χ3v) is 3.44. The molecule has 0 aliphatic rings. The van der Waals surface area contributed by atoms with Crippen LogP contribution in [0.25, 0.3) is 16.3 Å². The molecule has 0 spiro atoms. The molecule has 7 heteroatoms. The summed E-state index contributed by atoms with van der Waals surface area (Å²) in [5, 5.41) is 9.04. The number of aryl methyl sites for hydroxylation is 1. The van der Waals surface area contributed by atoms with Crippen LogP contribution in [0, 0.1) is 6.92 Å². The predicted molar refractivity (Wildman–Crippen MR) is 62.3 cm³/mol. The maximum Gasteiger partial charge on any atom is 0.356 e. The summed E-state index contributed by atoms with van der Waals surface area (Å²) < 4.78 is 1.88. The Morgan fingerprint density at radius 3 is 3.06 bits per heavy atom. The monoisotopic (exact) mass is 248 g/mol. The van der Waals surface area contributed by atoms with E-state index in [4.69, 9.17) is 5.11 Å². The smallest absolute Gasteiger partial charge is 0.356 e. The molecule has 0 fully saturated rings. The summed E-state index contributed by atoms with van der Waals surface area (Å²) in [6, 6.07) is 0. The summed E-state index contributed by atoms with van der Waals surface area (Å²) in [6.07, 6.45) is 3.51. The van der Waals surface area contributed by atoms with Gasteiger partial charge in [-0.2, -0.15) is 0 Å². The van der Waals surface area contributed by atoms with E-state index in [9.17, 15) is 4.79 Å². The van der Waals surface area contributed by atoms with Crippen molar-refractivity contribution in [3.05, 3.63) is 29.3 Å². The fourth-order valence-electron chi connectivity index (χ4n) is 1.79. The van der Waals surface area contributed by atoms with Gasteiger partial charge in [-0.3, -0.25) is 4.40 Å². The van der Waals surface area contributed by atoms with Gasteiger partial charge >= 0.3 is 5.97 Å². The molecule has 3 aromatic rings. The Kier molecular flexibility index (Phi) is 2.02. The number of hydrogen-bond acceptors (Lipinski definition) is 4. The van der Waals surface area contributed by atoms with Crippen LogP contribution in [0.3, 0.4) is 0 Å². The second-order valence-corrected chi connectivity index (χ2v) is 4.40. The molecule has 0 saturated heterocycles. The van der Waals surface area contributed by atoms with Crippen molar-refractivity contribution in [1.82, 2.24) is 19.4 Å². The standard InChI is InChI=1S/C10H8N4O2S/c1-5-6(13-10-11-2-3-14(5)10)8-7(9(15)16)12-4-17-8/h2-4H,1H3,(H,11,13)(H,15,16). The summed E-state index contributed by atoms with van der Waals surface area (Å²) >= 11 is 1.30. The van der Waals surface area contributed by atoms with Crippen molar-refractivity contribution >= 4 is 23.1 Å². The Hall–Kier alpha value is -2.15. The lowest BCUT2D eigenvalue weighted by molar-refractivity contribution is 0.0692. The highest BCUT2D eigenvalue weighted by molar-refractivity contribution is 7.13. The Balaban J connectivity index is 2.26. The zero-order valence-electron chi connectivity index (χ0n) is 8.84. The van der Waals surface area contributed by atoms with Crippen molar-refractivity contribution in [3.63, 3.8) is 0 Å². The lowest BCUT2D eigenvalue weighted by atomic mass is 10.2. The summed E-state index contributed by atoms with van der Waals surface area (Å²) in [6.45, 7) is 1.91.